The molecule has 0 aliphatic carbocycles. The topological polar surface area (TPSA) is 78.4 Å². The van der Waals surface area contributed by atoms with Crippen molar-refractivity contribution in [2.45, 2.75) is 6.54 Å². The van der Waals surface area contributed by atoms with E-state index in [1.807, 2.05) is 6.07 Å². The molecule has 3 N–H and O–H groups in total. The van der Waals surface area contributed by atoms with Gasteiger partial charge in [0.15, 0.2) is 0 Å². The predicted octanol–water partition coefficient (Wildman–Crippen LogP) is 3.05. The van der Waals surface area contributed by atoms with Gasteiger partial charge in [-0.2, -0.15) is 0 Å². The van der Waals surface area contributed by atoms with Crippen molar-refractivity contribution in [1.29, 1.82) is 0 Å². The van der Waals surface area contributed by atoms with Gasteiger partial charge in [0.05, 0.1) is 10.6 Å². The number of hydrogen-bond acceptors (Lipinski definition) is 4. The molecule has 0 bridgehead atoms. The highest BCUT2D eigenvalue weighted by Crippen LogP contribution is 2.26. The molecular weight excluding hydrogens is 443 g/mol. The van der Waals surface area contributed by atoms with Crippen molar-refractivity contribution in [2.24, 2.45) is 0 Å². The van der Waals surface area contributed by atoms with Crippen molar-refractivity contribution in [1.82, 2.24) is 10.6 Å². The molecule has 0 spiro atoms. The summed E-state index contributed by atoms with van der Waals surface area (Å²) >= 11 is 7.91. The van der Waals surface area contributed by atoms with Gasteiger partial charge >= 0.3 is 0 Å². The fraction of sp³-hybridized carbons (Fsp3) is 0.0588. The number of benzene rings is 2. The first-order valence-corrected chi connectivity index (χ1v) is 8.48. The van der Waals surface area contributed by atoms with Crippen molar-refractivity contribution in [3.8, 4) is 5.75 Å². The number of halogens is 2. The third kappa shape index (κ3) is 3.39. The van der Waals surface area contributed by atoms with E-state index in [0.717, 1.165) is 9.13 Å². The first-order valence-electron chi connectivity index (χ1n) is 7.02. The van der Waals surface area contributed by atoms with E-state index in [0.29, 0.717) is 23.2 Å². The minimum atomic E-state index is -0.444. The molecule has 1 aliphatic rings. The number of hydrogen-bond donors (Lipinski definition) is 3. The molecule has 0 radical (unpaired) electrons. The summed E-state index contributed by atoms with van der Waals surface area (Å²) in [6.07, 6.45) is 1.57. The highest BCUT2D eigenvalue weighted by atomic mass is 127. The first-order chi connectivity index (χ1) is 11.5. The Morgan fingerprint density at radius 2 is 1.92 bits per heavy atom. The SMILES string of the molecule is O=C1NC(=O)c2ccc(I)cc2C1=CNCc1ccc(Cl)c(O)c1. The lowest BCUT2D eigenvalue weighted by atomic mass is 9.95. The van der Waals surface area contributed by atoms with Crippen LogP contribution in [0.5, 0.6) is 5.75 Å². The molecule has 0 atom stereocenters. The number of amides is 2. The van der Waals surface area contributed by atoms with Crippen LogP contribution in [-0.2, 0) is 11.3 Å². The molecule has 0 saturated heterocycles. The van der Waals surface area contributed by atoms with Crippen LogP contribution in [-0.4, -0.2) is 16.9 Å². The van der Waals surface area contributed by atoms with Crippen LogP contribution in [0.2, 0.25) is 5.02 Å². The summed E-state index contributed by atoms with van der Waals surface area (Å²) in [5.41, 5.74) is 2.26. The van der Waals surface area contributed by atoms with Gasteiger partial charge in [0.25, 0.3) is 11.8 Å². The molecule has 0 fully saturated rings. The molecule has 122 valence electrons. The van der Waals surface area contributed by atoms with Crippen LogP contribution in [0.4, 0.5) is 0 Å². The molecule has 24 heavy (non-hydrogen) atoms. The summed E-state index contributed by atoms with van der Waals surface area (Å²) in [7, 11) is 0. The maximum atomic E-state index is 12.1. The number of fused-ring (bicyclic) bond motifs is 1. The maximum absolute atomic E-state index is 12.1. The lowest BCUT2D eigenvalue weighted by Crippen LogP contribution is -2.37. The van der Waals surface area contributed by atoms with E-state index < -0.39 is 11.8 Å². The summed E-state index contributed by atoms with van der Waals surface area (Å²) in [6.45, 7) is 0.398. The summed E-state index contributed by atoms with van der Waals surface area (Å²) < 4.78 is 0.933. The number of imide groups is 1. The summed E-state index contributed by atoms with van der Waals surface area (Å²) in [5.74, 6) is -0.836. The predicted molar refractivity (Wildman–Crippen MR) is 99.6 cm³/mol. The van der Waals surface area contributed by atoms with Gasteiger partial charge in [0.2, 0.25) is 0 Å². The van der Waals surface area contributed by atoms with E-state index in [2.05, 4.69) is 33.2 Å². The fourth-order valence-corrected chi connectivity index (χ4v) is 2.99. The average Bonchev–Trinajstić information content (AvgIpc) is 2.53. The number of carbonyl (C=O) groups is 2. The molecule has 1 aliphatic heterocycles. The lowest BCUT2D eigenvalue weighted by Gasteiger charge is -2.18. The van der Waals surface area contributed by atoms with Crippen molar-refractivity contribution in [3.63, 3.8) is 0 Å². The minimum absolute atomic E-state index is 0.00419. The van der Waals surface area contributed by atoms with Crippen LogP contribution in [0.1, 0.15) is 21.5 Å². The van der Waals surface area contributed by atoms with Crippen molar-refractivity contribution in [3.05, 3.63) is 67.9 Å². The van der Waals surface area contributed by atoms with Crippen LogP contribution in [0.15, 0.2) is 42.6 Å². The number of rotatable bonds is 3. The average molecular weight is 455 g/mol. The molecule has 3 rings (SSSR count). The molecule has 1 heterocycles. The van der Waals surface area contributed by atoms with Crippen LogP contribution < -0.4 is 10.6 Å². The molecule has 0 unspecified atom stereocenters. The van der Waals surface area contributed by atoms with E-state index in [1.54, 1.807) is 36.5 Å². The third-order valence-electron chi connectivity index (χ3n) is 3.55. The van der Waals surface area contributed by atoms with Crippen LogP contribution in [0.25, 0.3) is 5.57 Å². The van der Waals surface area contributed by atoms with E-state index in [-0.39, 0.29) is 10.8 Å². The van der Waals surface area contributed by atoms with Crippen molar-refractivity contribution < 1.29 is 14.7 Å². The van der Waals surface area contributed by atoms with Gasteiger partial charge in [-0.05, 0) is 58.5 Å². The summed E-state index contributed by atoms with van der Waals surface area (Å²) in [5, 5.41) is 15.2. The molecule has 0 saturated carbocycles. The molecule has 2 amide bonds. The summed E-state index contributed by atoms with van der Waals surface area (Å²) in [6, 6.07) is 10.2. The van der Waals surface area contributed by atoms with E-state index in [9.17, 15) is 14.7 Å². The lowest BCUT2D eigenvalue weighted by molar-refractivity contribution is -0.114. The standard InChI is InChI=1S/C17H12ClIN2O3/c18-14-4-1-9(5-15(14)22)7-20-8-13-12-6-10(19)2-3-11(12)16(23)21-17(13)24/h1-6,8,20,22H,7H2,(H,21,23,24). The van der Waals surface area contributed by atoms with Crippen LogP contribution in [0, 0.1) is 3.57 Å². The minimum Gasteiger partial charge on any atom is -0.506 e. The third-order valence-corrected chi connectivity index (χ3v) is 4.54. The Bertz CT molecular complexity index is 880. The summed E-state index contributed by atoms with van der Waals surface area (Å²) in [4.78, 5) is 24.0. The van der Waals surface area contributed by atoms with Gasteiger partial charge in [-0.1, -0.05) is 17.7 Å². The van der Waals surface area contributed by atoms with Crippen LogP contribution >= 0.6 is 34.2 Å². The first kappa shape index (κ1) is 16.8. The Kier molecular flexibility index (Phi) is 4.77. The Morgan fingerprint density at radius 1 is 1.12 bits per heavy atom. The van der Waals surface area contributed by atoms with E-state index in [4.69, 9.17) is 11.6 Å². The van der Waals surface area contributed by atoms with Gasteiger partial charge in [-0.15, -0.1) is 0 Å². The van der Waals surface area contributed by atoms with Crippen molar-refractivity contribution >= 4 is 51.6 Å². The smallest absolute Gasteiger partial charge is 0.260 e. The number of aromatic hydroxyl groups is 1. The monoisotopic (exact) mass is 454 g/mol. The zero-order valence-electron chi connectivity index (χ0n) is 12.3. The van der Waals surface area contributed by atoms with Gasteiger partial charge < -0.3 is 10.4 Å². The van der Waals surface area contributed by atoms with E-state index >= 15 is 0 Å². The zero-order valence-corrected chi connectivity index (χ0v) is 15.2. The van der Waals surface area contributed by atoms with Crippen molar-refractivity contribution in [2.75, 3.05) is 0 Å². The molecular formula is C17H12ClIN2O3. The Balaban J connectivity index is 1.85. The van der Waals surface area contributed by atoms with Crippen LogP contribution in [0.3, 0.4) is 0 Å². The van der Waals surface area contributed by atoms with Gasteiger partial charge in [0, 0.05) is 27.4 Å². The molecule has 5 nitrogen and oxygen atoms in total. The second-order valence-corrected chi connectivity index (χ2v) is 6.85. The highest BCUT2D eigenvalue weighted by molar-refractivity contribution is 14.1. The normalized spacial score (nSPS) is 15.2. The zero-order chi connectivity index (χ0) is 17.3. The van der Waals surface area contributed by atoms with Gasteiger partial charge in [-0.25, -0.2) is 0 Å². The maximum Gasteiger partial charge on any atom is 0.260 e. The Morgan fingerprint density at radius 3 is 2.67 bits per heavy atom. The largest absolute Gasteiger partial charge is 0.506 e. The number of phenols is 1. The Hall–Kier alpha value is -2.06. The number of phenolic OH excluding ortho intramolecular Hbond substituents is 1. The molecule has 2 aromatic rings. The number of nitrogens with one attached hydrogen (secondary N) is 2. The Labute approximate surface area is 156 Å². The molecule has 0 aromatic heterocycles. The van der Waals surface area contributed by atoms with Gasteiger partial charge in [0.1, 0.15) is 5.75 Å². The quantitative estimate of drug-likeness (QED) is 0.378. The second kappa shape index (κ2) is 6.82. The fourth-order valence-electron chi connectivity index (χ4n) is 2.38. The molecule has 7 heteroatoms. The highest BCUT2D eigenvalue weighted by Gasteiger charge is 2.27. The number of carbonyl (C=O) groups excluding carboxylic acids is 2. The van der Waals surface area contributed by atoms with E-state index in [1.165, 1.54) is 0 Å². The van der Waals surface area contributed by atoms with Gasteiger partial charge in [-0.3, -0.25) is 14.9 Å². The molecule has 2 aromatic carbocycles. The second-order valence-electron chi connectivity index (χ2n) is 5.20.